The van der Waals surface area contributed by atoms with Crippen molar-refractivity contribution in [2.75, 3.05) is 36.1 Å². The Balaban J connectivity index is 1.53. The van der Waals surface area contributed by atoms with Crippen LogP contribution in [0.15, 0.2) is 24.5 Å². The highest BCUT2D eigenvalue weighted by molar-refractivity contribution is 6.04. The highest BCUT2D eigenvalue weighted by Gasteiger charge is 2.31. The topological polar surface area (TPSA) is 136 Å². The Kier molecular flexibility index (Phi) is 7.37. The number of hydrogen-bond acceptors (Lipinski definition) is 9. The van der Waals surface area contributed by atoms with Crippen LogP contribution in [0.5, 0.6) is 5.88 Å². The van der Waals surface area contributed by atoms with Crippen LogP contribution in [-0.4, -0.2) is 60.1 Å². The minimum absolute atomic E-state index is 0.0997. The predicted molar refractivity (Wildman–Crippen MR) is 149 cm³/mol. The van der Waals surface area contributed by atoms with Crippen molar-refractivity contribution in [3.63, 3.8) is 0 Å². The Labute approximate surface area is 231 Å². The first-order valence-electron chi connectivity index (χ1n) is 13.2. The molecule has 3 heterocycles. The van der Waals surface area contributed by atoms with E-state index in [0.717, 1.165) is 18.4 Å². The number of amides is 2. The van der Waals surface area contributed by atoms with Gasteiger partial charge in [0, 0.05) is 41.5 Å². The standard InChI is InChI=1S/C28H33FN6O5/c1-14-19(12-33-25-23(14)31-6-7-38-25)18-8-15-9-21(34-26(36)39-17-10-16(11-17)30-5)32-13-20(15)24(22(18)29)35-27(37)40-28(2,3)4/h8-9,12-13,16-17,30-31H,6-7,10-11H2,1-5H3,(H,35,37)(H,32,34,36). The lowest BCUT2D eigenvalue weighted by molar-refractivity contribution is 0.0422. The van der Waals surface area contributed by atoms with Crippen LogP contribution in [0.3, 0.4) is 0 Å². The van der Waals surface area contributed by atoms with E-state index in [1.807, 2.05) is 14.0 Å². The summed E-state index contributed by atoms with van der Waals surface area (Å²) in [6, 6.07) is 3.57. The number of pyridine rings is 2. The number of benzene rings is 1. The molecule has 3 aromatic rings. The Morgan fingerprint density at radius 3 is 2.60 bits per heavy atom. The third kappa shape index (κ3) is 5.71. The minimum atomic E-state index is -0.814. The summed E-state index contributed by atoms with van der Waals surface area (Å²) in [6.07, 6.45) is 2.81. The first-order chi connectivity index (χ1) is 19.0. The number of ether oxygens (including phenoxy) is 3. The molecular weight excluding hydrogens is 519 g/mol. The van der Waals surface area contributed by atoms with Gasteiger partial charge in [0.1, 0.15) is 29.8 Å². The molecule has 4 N–H and O–H groups in total. The van der Waals surface area contributed by atoms with E-state index in [2.05, 4.69) is 31.2 Å². The van der Waals surface area contributed by atoms with Gasteiger partial charge in [0.25, 0.3) is 0 Å². The van der Waals surface area contributed by atoms with Gasteiger partial charge in [0.2, 0.25) is 5.88 Å². The minimum Gasteiger partial charge on any atom is -0.474 e. The molecular formula is C28H33FN6O5. The summed E-state index contributed by atoms with van der Waals surface area (Å²) in [5.74, 6) is -0.00783. The van der Waals surface area contributed by atoms with Gasteiger partial charge >= 0.3 is 12.2 Å². The number of anilines is 3. The van der Waals surface area contributed by atoms with Crippen molar-refractivity contribution in [1.29, 1.82) is 0 Å². The number of carbonyl (C=O) groups is 2. The van der Waals surface area contributed by atoms with Gasteiger partial charge in [-0.3, -0.25) is 10.6 Å². The van der Waals surface area contributed by atoms with Gasteiger partial charge in [-0.15, -0.1) is 0 Å². The average Bonchev–Trinajstić information content (AvgIpc) is 2.87. The van der Waals surface area contributed by atoms with E-state index in [4.69, 9.17) is 14.2 Å². The smallest absolute Gasteiger partial charge is 0.413 e. The van der Waals surface area contributed by atoms with Crippen molar-refractivity contribution < 1.29 is 28.2 Å². The zero-order valence-electron chi connectivity index (χ0n) is 23.1. The van der Waals surface area contributed by atoms with Gasteiger partial charge in [-0.1, -0.05) is 0 Å². The van der Waals surface area contributed by atoms with Crippen LogP contribution < -0.4 is 26.0 Å². The molecule has 1 aromatic carbocycles. The molecule has 0 spiro atoms. The predicted octanol–water partition coefficient (Wildman–Crippen LogP) is 5.19. The normalized spacial score (nSPS) is 18.1. The fourth-order valence-electron chi connectivity index (χ4n) is 4.74. The van der Waals surface area contributed by atoms with Crippen molar-refractivity contribution in [1.82, 2.24) is 15.3 Å². The van der Waals surface area contributed by atoms with Gasteiger partial charge in [0.15, 0.2) is 5.82 Å². The second-order valence-corrected chi connectivity index (χ2v) is 10.9. The Morgan fingerprint density at radius 1 is 1.10 bits per heavy atom. The second-order valence-electron chi connectivity index (χ2n) is 10.9. The number of hydrogen-bond donors (Lipinski definition) is 4. The van der Waals surface area contributed by atoms with Crippen LogP contribution in [0.4, 0.5) is 31.2 Å². The molecule has 0 radical (unpaired) electrons. The maximum Gasteiger partial charge on any atom is 0.413 e. The maximum absolute atomic E-state index is 16.2. The monoisotopic (exact) mass is 552 g/mol. The molecule has 212 valence electrons. The SMILES string of the molecule is CNC1CC(OC(=O)Nc2cc3cc(-c4cnc5c(c4C)NCCO5)c(F)c(NC(=O)OC(C)(C)C)c3cn2)C1. The molecule has 2 aliphatic rings. The Morgan fingerprint density at radius 2 is 1.88 bits per heavy atom. The fourth-order valence-corrected chi connectivity index (χ4v) is 4.74. The van der Waals surface area contributed by atoms with Crippen LogP contribution in [0.25, 0.3) is 21.9 Å². The summed E-state index contributed by atoms with van der Waals surface area (Å²) in [5, 5.41) is 12.4. The molecule has 1 aliphatic heterocycles. The fraction of sp³-hybridized carbons (Fsp3) is 0.429. The molecule has 0 bridgehead atoms. The molecule has 2 aromatic heterocycles. The number of nitrogens with one attached hydrogen (secondary N) is 4. The summed E-state index contributed by atoms with van der Waals surface area (Å²) in [5.41, 5.74) is 1.24. The van der Waals surface area contributed by atoms with E-state index in [0.29, 0.717) is 47.1 Å². The zero-order valence-corrected chi connectivity index (χ0v) is 23.1. The van der Waals surface area contributed by atoms with Gasteiger partial charge in [-0.05, 0) is 70.7 Å². The maximum atomic E-state index is 16.2. The van der Waals surface area contributed by atoms with Gasteiger partial charge < -0.3 is 24.8 Å². The van der Waals surface area contributed by atoms with Crippen molar-refractivity contribution in [3.8, 4) is 17.0 Å². The number of nitrogens with zero attached hydrogens (tertiary/aromatic N) is 2. The number of carbonyl (C=O) groups excluding carboxylic acids is 2. The highest BCUT2D eigenvalue weighted by Crippen LogP contribution is 2.40. The number of halogens is 1. The Bertz CT molecular complexity index is 1470. The molecule has 0 atom stereocenters. The molecule has 1 saturated carbocycles. The van der Waals surface area contributed by atoms with Gasteiger partial charge in [-0.25, -0.2) is 23.9 Å². The summed E-state index contributed by atoms with van der Waals surface area (Å²) >= 11 is 0. The van der Waals surface area contributed by atoms with E-state index in [1.54, 1.807) is 32.9 Å². The second kappa shape index (κ2) is 10.8. The van der Waals surface area contributed by atoms with Crippen LogP contribution in [-0.2, 0) is 9.47 Å². The largest absolute Gasteiger partial charge is 0.474 e. The van der Waals surface area contributed by atoms with E-state index in [9.17, 15) is 9.59 Å². The number of rotatable bonds is 5. The van der Waals surface area contributed by atoms with Crippen LogP contribution >= 0.6 is 0 Å². The number of aromatic nitrogens is 2. The van der Waals surface area contributed by atoms with Crippen LogP contribution in [0, 0.1) is 12.7 Å². The zero-order chi connectivity index (χ0) is 28.6. The summed E-state index contributed by atoms with van der Waals surface area (Å²) in [6.45, 7) is 8.07. The molecule has 11 nitrogen and oxygen atoms in total. The third-order valence-corrected chi connectivity index (χ3v) is 6.83. The van der Waals surface area contributed by atoms with Gasteiger partial charge in [-0.2, -0.15) is 0 Å². The third-order valence-electron chi connectivity index (χ3n) is 6.83. The molecule has 12 heteroatoms. The van der Waals surface area contributed by atoms with Gasteiger partial charge in [0.05, 0.1) is 5.69 Å². The quantitative estimate of drug-likeness (QED) is 0.337. The van der Waals surface area contributed by atoms with E-state index < -0.39 is 23.6 Å². The van der Waals surface area contributed by atoms with Crippen molar-refractivity contribution in [2.24, 2.45) is 0 Å². The molecule has 40 heavy (non-hydrogen) atoms. The molecule has 2 amide bonds. The summed E-state index contributed by atoms with van der Waals surface area (Å²) < 4.78 is 32.6. The average molecular weight is 553 g/mol. The first-order valence-corrected chi connectivity index (χ1v) is 13.2. The van der Waals surface area contributed by atoms with Crippen molar-refractivity contribution >= 4 is 40.2 Å². The van der Waals surface area contributed by atoms with E-state index in [-0.39, 0.29) is 23.2 Å². The van der Waals surface area contributed by atoms with Crippen molar-refractivity contribution in [2.45, 2.75) is 58.3 Å². The van der Waals surface area contributed by atoms with Crippen LogP contribution in [0.2, 0.25) is 0 Å². The molecule has 0 unspecified atom stereocenters. The van der Waals surface area contributed by atoms with Crippen molar-refractivity contribution in [3.05, 3.63) is 35.9 Å². The lowest BCUT2D eigenvalue weighted by Crippen LogP contribution is -2.45. The van der Waals surface area contributed by atoms with E-state index in [1.165, 1.54) is 12.4 Å². The first kappa shape index (κ1) is 27.4. The highest BCUT2D eigenvalue weighted by atomic mass is 19.1. The summed E-state index contributed by atoms with van der Waals surface area (Å²) in [4.78, 5) is 33.8. The molecule has 5 rings (SSSR count). The molecule has 1 aliphatic carbocycles. The lowest BCUT2D eigenvalue weighted by Gasteiger charge is -2.34. The van der Waals surface area contributed by atoms with Crippen LogP contribution in [0.1, 0.15) is 39.2 Å². The lowest BCUT2D eigenvalue weighted by atomic mass is 9.89. The number of fused-ring (bicyclic) bond motifs is 2. The Hall–Kier alpha value is -4.19. The molecule has 1 fully saturated rings. The summed E-state index contributed by atoms with van der Waals surface area (Å²) in [7, 11) is 1.87. The van der Waals surface area contributed by atoms with E-state index >= 15 is 4.39 Å². The molecule has 0 saturated heterocycles.